The third-order valence-electron chi connectivity index (χ3n) is 7.38. The van der Waals surface area contributed by atoms with Gasteiger partial charge >= 0.3 is 5.97 Å². The van der Waals surface area contributed by atoms with Crippen molar-refractivity contribution in [2.24, 2.45) is 4.99 Å². The molecule has 208 valence electrons. The number of methoxy groups -OCH3 is 3. The van der Waals surface area contributed by atoms with Crippen LogP contribution in [0.25, 0.3) is 11.8 Å². The molecule has 1 unspecified atom stereocenters. The van der Waals surface area contributed by atoms with Gasteiger partial charge in [-0.05, 0) is 42.2 Å². The van der Waals surface area contributed by atoms with E-state index in [-0.39, 0.29) is 18.2 Å². The van der Waals surface area contributed by atoms with Crippen molar-refractivity contribution in [3.05, 3.63) is 114 Å². The number of benzene rings is 3. The highest BCUT2D eigenvalue weighted by molar-refractivity contribution is 7.07. The minimum absolute atomic E-state index is 0.170. The Kier molecular flexibility index (Phi) is 7.19. The van der Waals surface area contributed by atoms with Crippen LogP contribution in [0.4, 0.5) is 0 Å². The van der Waals surface area contributed by atoms with E-state index in [4.69, 9.17) is 23.9 Å². The minimum atomic E-state index is -0.524. The van der Waals surface area contributed by atoms with E-state index < -0.39 is 5.97 Å². The normalized spacial score (nSPS) is 15.8. The van der Waals surface area contributed by atoms with Crippen LogP contribution < -0.4 is 29.1 Å². The number of esters is 1. The van der Waals surface area contributed by atoms with Gasteiger partial charge in [0.05, 0.1) is 37.6 Å². The number of hydrogen-bond donors (Lipinski definition) is 0. The summed E-state index contributed by atoms with van der Waals surface area (Å²) in [5, 5.41) is 0. The summed E-state index contributed by atoms with van der Waals surface area (Å²) < 4.78 is 24.0. The Morgan fingerprint density at radius 2 is 1.73 bits per heavy atom. The zero-order valence-electron chi connectivity index (χ0n) is 22.9. The van der Waals surface area contributed by atoms with Gasteiger partial charge in [0.15, 0.2) is 22.9 Å². The number of carbonyl (C=O) groups excluding carboxylic acids is 1. The molecule has 2 aliphatic rings. The molecule has 41 heavy (non-hydrogen) atoms. The summed E-state index contributed by atoms with van der Waals surface area (Å²) in [6.45, 7) is -0.293. The molecule has 3 aromatic carbocycles. The van der Waals surface area contributed by atoms with Gasteiger partial charge in [0.1, 0.15) is 5.75 Å². The summed E-state index contributed by atoms with van der Waals surface area (Å²) in [6, 6.07) is 21.1. The van der Waals surface area contributed by atoms with Gasteiger partial charge in [-0.15, -0.1) is 0 Å². The molecular formula is C32H28N2O6S. The number of para-hydroxylation sites is 2. The molecule has 1 aliphatic heterocycles. The van der Waals surface area contributed by atoms with Gasteiger partial charge in [-0.2, -0.15) is 0 Å². The Hall–Kier alpha value is -4.63. The number of rotatable bonds is 7. The first-order chi connectivity index (χ1) is 20.0. The molecule has 9 heteroatoms. The van der Waals surface area contributed by atoms with E-state index in [0.717, 1.165) is 35.2 Å². The molecule has 8 nitrogen and oxygen atoms in total. The number of carbonyl (C=O) groups is 1. The van der Waals surface area contributed by atoms with Crippen molar-refractivity contribution in [3.63, 3.8) is 0 Å². The smallest absolute Gasteiger partial charge is 0.343 e. The Morgan fingerprint density at radius 3 is 2.54 bits per heavy atom. The monoisotopic (exact) mass is 568 g/mol. The molecule has 1 aromatic heterocycles. The van der Waals surface area contributed by atoms with Crippen molar-refractivity contribution in [1.29, 1.82) is 0 Å². The van der Waals surface area contributed by atoms with Gasteiger partial charge in [-0.3, -0.25) is 9.36 Å². The predicted octanol–water partition coefficient (Wildman–Crippen LogP) is 3.89. The highest BCUT2D eigenvalue weighted by Gasteiger charge is 2.34. The second-order valence-electron chi connectivity index (χ2n) is 9.60. The van der Waals surface area contributed by atoms with Crippen LogP contribution in [0.3, 0.4) is 0 Å². The van der Waals surface area contributed by atoms with Crippen LogP contribution >= 0.6 is 11.3 Å². The van der Waals surface area contributed by atoms with Crippen LogP contribution in [0.15, 0.2) is 82.1 Å². The number of allylic oxidation sites excluding steroid dienone is 1. The van der Waals surface area contributed by atoms with Gasteiger partial charge < -0.3 is 18.9 Å². The lowest BCUT2D eigenvalue weighted by Gasteiger charge is -2.31. The summed E-state index contributed by atoms with van der Waals surface area (Å²) in [7, 11) is 4.46. The number of aryl methyl sites for hydroxylation is 1. The summed E-state index contributed by atoms with van der Waals surface area (Å²) in [6.07, 6.45) is 3.41. The number of hydrogen-bond acceptors (Lipinski definition) is 8. The first-order valence-electron chi connectivity index (χ1n) is 13.2. The molecule has 0 N–H and O–H groups in total. The van der Waals surface area contributed by atoms with Crippen molar-refractivity contribution < 1.29 is 23.7 Å². The van der Waals surface area contributed by atoms with Crippen LogP contribution in [-0.4, -0.2) is 38.5 Å². The van der Waals surface area contributed by atoms with Gasteiger partial charge in [-0.1, -0.05) is 65.9 Å². The molecule has 1 atom stereocenters. The van der Waals surface area contributed by atoms with E-state index in [2.05, 4.69) is 12.1 Å². The lowest BCUT2D eigenvalue weighted by molar-refractivity contribution is -0.142. The second kappa shape index (κ2) is 11.1. The summed E-state index contributed by atoms with van der Waals surface area (Å²) in [4.78, 5) is 31.6. The van der Waals surface area contributed by atoms with Crippen LogP contribution in [0, 0.1) is 0 Å². The number of fused-ring (bicyclic) bond motifs is 3. The summed E-state index contributed by atoms with van der Waals surface area (Å²) in [5.41, 5.74) is 5.69. The first kappa shape index (κ1) is 26.6. The maximum absolute atomic E-state index is 14.2. The fourth-order valence-corrected chi connectivity index (χ4v) is 6.48. The van der Waals surface area contributed by atoms with Crippen LogP contribution in [0.5, 0.6) is 17.2 Å². The molecule has 4 aromatic rings. The van der Waals surface area contributed by atoms with Crippen LogP contribution in [-0.2, 0) is 16.0 Å². The standard InChI is InChI=1S/C32H28N2O6S/c1-37-24-13-7-6-12-22(24)29-23-16-15-19-9-4-5-11-21(19)28(23)33-32-34(29)31(36)26(41-32)17-20-10-8-14-25(38-2)30(20)40-18-27(35)39-3/h4-14,17,29H,15-16,18H2,1-3H3. The first-order valence-corrected chi connectivity index (χ1v) is 14.0. The zero-order valence-corrected chi connectivity index (χ0v) is 23.7. The number of aromatic nitrogens is 1. The van der Waals surface area contributed by atoms with Crippen molar-refractivity contribution >= 4 is 29.1 Å². The van der Waals surface area contributed by atoms with Gasteiger partial charge in [0, 0.05) is 16.7 Å². The molecule has 0 bridgehead atoms. The second-order valence-corrected chi connectivity index (χ2v) is 10.6. The highest BCUT2D eigenvalue weighted by Crippen LogP contribution is 2.43. The van der Waals surface area contributed by atoms with E-state index in [1.165, 1.54) is 31.1 Å². The third-order valence-corrected chi connectivity index (χ3v) is 8.37. The SMILES string of the molecule is COC(=O)COc1c(C=c2sc3n(c2=O)C(c2ccccc2OC)C2=C(N=3)c3ccccc3CC2)cccc1OC. The maximum atomic E-state index is 14.2. The molecule has 0 spiro atoms. The average molecular weight is 569 g/mol. The summed E-state index contributed by atoms with van der Waals surface area (Å²) >= 11 is 1.32. The largest absolute Gasteiger partial charge is 0.496 e. The molecule has 1 aliphatic carbocycles. The Balaban J connectivity index is 1.58. The fraction of sp³-hybridized carbons (Fsp3) is 0.219. The highest BCUT2D eigenvalue weighted by atomic mass is 32.1. The minimum Gasteiger partial charge on any atom is -0.496 e. The molecule has 2 heterocycles. The zero-order chi connectivity index (χ0) is 28.5. The number of thiazole rings is 1. The average Bonchev–Trinajstić information content (AvgIpc) is 3.32. The fourth-order valence-electron chi connectivity index (χ4n) is 5.48. The Morgan fingerprint density at radius 1 is 0.976 bits per heavy atom. The van der Waals surface area contributed by atoms with Crippen molar-refractivity contribution in [3.8, 4) is 17.2 Å². The van der Waals surface area contributed by atoms with E-state index in [0.29, 0.717) is 32.1 Å². The van der Waals surface area contributed by atoms with E-state index in [9.17, 15) is 9.59 Å². The Bertz CT molecular complexity index is 1870. The maximum Gasteiger partial charge on any atom is 0.343 e. The van der Waals surface area contributed by atoms with Gasteiger partial charge in [0.25, 0.3) is 5.56 Å². The van der Waals surface area contributed by atoms with E-state index in [1.54, 1.807) is 29.9 Å². The van der Waals surface area contributed by atoms with Gasteiger partial charge in [-0.25, -0.2) is 9.79 Å². The molecule has 0 saturated carbocycles. The van der Waals surface area contributed by atoms with Gasteiger partial charge in [0.2, 0.25) is 0 Å². The van der Waals surface area contributed by atoms with E-state index >= 15 is 0 Å². The number of ether oxygens (including phenoxy) is 4. The molecule has 0 amide bonds. The molecule has 6 rings (SSSR count). The number of nitrogens with zero attached hydrogens (tertiary/aromatic N) is 2. The quantitative estimate of drug-likeness (QED) is 0.315. The molecule has 0 saturated heterocycles. The van der Waals surface area contributed by atoms with Crippen LogP contribution in [0.1, 0.15) is 34.7 Å². The topological polar surface area (TPSA) is 88.4 Å². The Labute approximate surface area is 240 Å². The van der Waals surface area contributed by atoms with Crippen molar-refractivity contribution in [1.82, 2.24) is 4.57 Å². The summed E-state index contributed by atoms with van der Waals surface area (Å²) in [5.74, 6) is 0.977. The molecule has 0 fully saturated rings. The third kappa shape index (κ3) is 4.72. The molecular weight excluding hydrogens is 540 g/mol. The van der Waals surface area contributed by atoms with Crippen LogP contribution in [0.2, 0.25) is 0 Å². The lowest BCUT2D eigenvalue weighted by Crippen LogP contribution is -2.39. The molecule has 0 radical (unpaired) electrons. The lowest BCUT2D eigenvalue weighted by atomic mass is 9.83. The van der Waals surface area contributed by atoms with E-state index in [1.807, 2.05) is 42.5 Å². The van der Waals surface area contributed by atoms with Crippen molar-refractivity contribution in [2.75, 3.05) is 27.9 Å². The van der Waals surface area contributed by atoms with Crippen molar-refractivity contribution in [2.45, 2.75) is 18.9 Å². The predicted molar refractivity (Wildman–Crippen MR) is 156 cm³/mol.